The molecular weight excluding hydrogens is 148 g/mol. The van der Waals surface area contributed by atoms with Crippen molar-refractivity contribution in [2.24, 2.45) is 0 Å². The van der Waals surface area contributed by atoms with Gasteiger partial charge in [-0.25, -0.2) is 0 Å². The molecule has 1 aliphatic rings. The Balaban J connectivity index is 2.53. The van der Waals surface area contributed by atoms with E-state index in [4.69, 9.17) is 6.42 Å². The Hall–Kier alpha value is -0.520. The van der Waals surface area contributed by atoms with Crippen LogP contribution in [0.5, 0.6) is 0 Å². The van der Waals surface area contributed by atoms with E-state index in [1.807, 2.05) is 0 Å². The maximum Gasteiger partial charge on any atom is 0.0840 e. The summed E-state index contributed by atoms with van der Waals surface area (Å²) in [7, 11) is 0. The number of piperazine rings is 1. The van der Waals surface area contributed by atoms with E-state index in [9.17, 15) is 0 Å². The van der Waals surface area contributed by atoms with Crippen LogP contribution in [0, 0.1) is 12.3 Å². The van der Waals surface area contributed by atoms with Crippen LogP contribution in [0.3, 0.4) is 0 Å². The minimum atomic E-state index is 0.300. The molecule has 2 atom stereocenters. The van der Waals surface area contributed by atoms with Crippen molar-refractivity contribution in [1.29, 1.82) is 0 Å². The van der Waals surface area contributed by atoms with Gasteiger partial charge in [0.1, 0.15) is 0 Å². The van der Waals surface area contributed by atoms with Crippen molar-refractivity contribution < 1.29 is 0 Å². The molecule has 0 bridgehead atoms. The highest BCUT2D eigenvalue weighted by molar-refractivity contribution is 5.04. The lowest BCUT2D eigenvalue weighted by Gasteiger charge is -2.37. The van der Waals surface area contributed by atoms with Crippen molar-refractivity contribution in [3.05, 3.63) is 0 Å². The van der Waals surface area contributed by atoms with Gasteiger partial charge in [-0.15, -0.1) is 6.42 Å². The lowest BCUT2D eigenvalue weighted by Crippen LogP contribution is -2.53. The molecule has 0 aromatic rings. The third-order valence-corrected chi connectivity index (χ3v) is 2.63. The van der Waals surface area contributed by atoms with E-state index in [0.29, 0.717) is 12.1 Å². The lowest BCUT2D eigenvalue weighted by molar-refractivity contribution is 0.144. The molecule has 1 heterocycles. The average molecular weight is 166 g/mol. The monoisotopic (exact) mass is 166 g/mol. The van der Waals surface area contributed by atoms with Crippen LogP contribution in [0.15, 0.2) is 0 Å². The first-order chi connectivity index (χ1) is 5.79. The SMILES string of the molecule is C#CC1CNCCN1C(C)CC. The summed E-state index contributed by atoms with van der Waals surface area (Å²) in [6.07, 6.45) is 6.63. The summed E-state index contributed by atoms with van der Waals surface area (Å²) < 4.78 is 0. The molecule has 0 radical (unpaired) electrons. The molecule has 1 fully saturated rings. The number of hydrogen-bond donors (Lipinski definition) is 1. The quantitative estimate of drug-likeness (QED) is 0.607. The molecule has 0 saturated carbocycles. The molecule has 2 unspecified atom stereocenters. The highest BCUT2D eigenvalue weighted by Gasteiger charge is 2.23. The Morgan fingerprint density at radius 2 is 2.50 bits per heavy atom. The van der Waals surface area contributed by atoms with Gasteiger partial charge in [0.25, 0.3) is 0 Å². The first-order valence-electron chi connectivity index (χ1n) is 4.72. The van der Waals surface area contributed by atoms with Crippen molar-refractivity contribution in [2.75, 3.05) is 19.6 Å². The summed E-state index contributed by atoms with van der Waals surface area (Å²) >= 11 is 0. The van der Waals surface area contributed by atoms with Crippen LogP contribution in [0.2, 0.25) is 0 Å². The van der Waals surface area contributed by atoms with Crippen molar-refractivity contribution >= 4 is 0 Å². The summed E-state index contributed by atoms with van der Waals surface area (Å²) in [5.74, 6) is 2.83. The van der Waals surface area contributed by atoms with E-state index in [-0.39, 0.29) is 0 Å². The predicted molar refractivity (Wildman–Crippen MR) is 51.9 cm³/mol. The van der Waals surface area contributed by atoms with Crippen LogP contribution in [-0.4, -0.2) is 36.6 Å². The zero-order valence-corrected chi connectivity index (χ0v) is 8.01. The van der Waals surface area contributed by atoms with E-state index in [1.165, 1.54) is 6.42 Å². The fraction of sp³-hybridized carbons (Fsp3) is 0.800. The normalized spacial score (nSPS) is 27.9. The Bertz CT molecular complexity index is 171. The molecular formula is C10H18N2. The number of terminal acetylenes is 1. The maximum absolute atomic E-state index is 5.45. The van der Waals surface area contributed by atoms with Crippen LogP contribution >= 0.6 is 0 Å². The third kappa shape index (κ3) is 2.00. The molecule has 2 heteroatoms. The topological polar surface area (TPSA) is 15.3 Å². The van der Waals surface area contributed by atoms with Gasteiger partial charge in [-0.1, -0.05) is 12.8 Å². The largest absolute Gasteiger partial charge is 0.313 e. The number of nitrogens with zero attached hydrogens (tertiary/aromatic N) is 1. The van der Waals surface area contributed by atoms with Gasteiger partial charge in [0.2, 0.25) is 0 Å². The van der Waals surface area contributed by atoms with Gasteiger partial charge in [0, 0.05) is 25.7 Å². The van der Waals surface area contributed by atoms with Crippen LogP contribution in [0.1, 0.15) is 20.3 Å². The second-order valence-electron chi connectivity index (χ2n) is 3.38. The number of hydrogen-bond acceptors (Lipinski definition) is 2. The Morgan fingerprint density at radius 1 is 1.75 bits per heavy atom. The van der Waals surface area contributed by atoms with Crippen LogP contribution in [-0.2, 0) is 0 Å². The molecule has 1 aliphatic heterocycles. The zero-order chi connectivity index (χ0) is 8.97. The summed E-state index contributed by atoms with van der Waals surface area (Å²) in [6, 6.07) is 0.918. The average Bonchev–Trinajstić information content (AvgIpc) is 2.16. The van der Waals surface area contributed by atoms with Gasteiger partial charge < -0.3 is 5.32 Å². The van der Waals surface area contributed by atoms with Gasteiger partial charge in [-0.2, -0.15) is 0 Å². The van der Waals surface area contributed by atoms with E-state index in [2.05, 4.69) is 30.0 Å². The molecule has 1 N–H and O–H groups in total. The van der Waals surface area contributed by atoms with Gasteiger partial charge in [0.05, 0.1) is 6.04 Å². The molecule has 68 valence electrons. The third-order valence-electron chi connectivity index (χ3n) is 2.63. The fourth-order valence-corrected chi connectivity index (χ4v) is 1.64. The lowest BCUT2D eigenvalue weighted by atomic mass is 10.1. The molecule has 0 spiro atoms. The Kier molecular flexibility index (Phi) is 3.58. The molecule has 2 nitrogen and oxygen atoms in total. The van der Waals surface area contributed by atoms with Gasteiger partial charge in [-0.3, -0.25) is 4.90 Å². The molecule has 0 aromatic carbocycles. The Morgan fingerprint density at radius 3 is 3.08 bits per heavy atom. The summed E-state index contributed by atoms with van der Waals surface area (Å²) in [5, 5.41) is 3.31. The first kappa shape index (κ1) is 9.57. The van der Waals surface area contributed by atoms with E-state index < -0.39 is 0 Å². The molecule has 0 aromatic heterocycles. The van der Waals surface area contributed by atoms with Crippen LogP contribution < -0.4 is 5.32 Å². The Labute approximate surface area is 75.3 Å². The maximum atomic E-state index is 5.45. The van der Waals surface area contributed by atoms with Crippen molar-refractivity contribution in [3.63, 3.8) is 0 Å². The second-order valence-corrected chi connectivity index (χ2v) is 3.38. The predicted octanol–water partition coefficient (Wildman–Crippen LogP) is 0.692. The fourth-order valence-electron chi connectivity index (χ4n) is 1.64. The van der Waals surface area contributed by atoms with Crippen LogP contribution in [0.25, 0.3) is 0 Å². The summed E-state index contributed by atoms with van der Waals surface area (Å²) in [5.41, 5.74) is 0. The molecule has 1 saturated heterocycles. The molecule has 0 amide bonds. The molecule has 12 heavy (non-hydrogen) atoms. The van der Waals surface area contributed by atoms with Gasteiger partial charge in [-0.05, 0) is 13.3 Å². The highest BCUT2D eigenvalue weighted by Crippen LogP contribution is 2.09. The minimum absolute atomic E-state index is 0.300. The molecule has 1 rings (SSSR count). The standard InChI is InChI=1S/C10H18N2/c1-4-9(3)12-7-6-11-8-10(12)5-2/h2,9-11H,4,6-8H2,1,3H3. The van der Waals surface area contributed by atoms with E-state index >= 15 is 0 Å². The van der Waals surface area contributed by atoms with E-state index in [1.54, 1.807) is 0 Å². The summed E-state index contributed by atoms with van der Waals surface area (Å²) in [4.78, 5) is 2.41. The smallest absolute Gasteiger partial charge is 0.0840 e. The van der Waals surface area contributed by atoms with Crippen molar-refractivity contribution in [1.82, 2.24) is 10.2 Å². The van der Waals surface area contributed by atoms with Gasteiger partial charge >= 0.3 is 0 Å². The van der Waals surface area contributed by atoms with E-state index in [0.717, 1.165) is 19.6 Å². The number of nitrogens with one attached hydrogen (secondary N) is 1. The minimum Gasteiger partial charge on any atom is -0.313 e. The van der Waals surface area contributed by atoms with Crippen LogP contribution in [0.4, 0.5) is 0 Å². The highest BCUT2D eigenvalue weighted by atomic mass is 15.2. The first-order valence-corrected chi connectivity index (χ1v) is 4.72. The van der Waals surface area contributed by atoms with Crippen molar-refractivity contribution in [2.45, 2.75) is 32.4 Å². The zero-order valence-electron chi connectivity index (χ0n) is 8.01. The second kappa shape index (κ2) is 4.49. The number of rotatable bonds is 2. The van der Waals surface area contributed by atoms with Crippen molar-refractivity contribution in [3.8, 4) is 12.3 Å². The molecule has 0 aliphatic carbocycles. The van der Waals surface area contributed by atoms with Gasteiger partial charge in [0.15, 0.2) is 0 Å². The summed E-state index contributed by atoms with van der Waals surface area (Å²) in [6.45, 7) is 7.56.